The van der Waals surface area contributed by atoms with Crippen LogP contribution in [0.5, 0.6) is 5.75 Å². The molecule has 5 nitrogen and oxygen atoms in total. The quantitative estimate of drug-likeness (QED) is 0.523. The first kappa shape index (κ1) is 21.7. The van der Waals surface area contributed by atoms with Crippen molar-refractivity contribution in [3.63, 3.8) is 0 Å². The van der Waals surface area contributed by atoms with Gasteiger partial charge < -0.3 is 19.7 Å². The minimum absolute atomic E-state index is 0.0108. The van der Waals surface area contributed by atoms with Crippen molar-refractivity contribution in [2.24, 2.45) is 0 Å². The van der Waals surface area contributed by atoms with Crippen molar-refractivity contribution in [2.45, 2.75) is 82.4 Å². The number of hydrogen-bond acceptors (Lipinski definition) is 3. The number of para-hydroxylation sites is 1. The minimum Gasteiger partial charge on any atom is -0.491 e. The van der Waals surface area contributed by atoms with Gasteiger partial charge in [0.2, 0.25) is 0 Å². The van der Waals surface area contributed by atoms with Crippen LogP contribution >= 0.6 is 0 Å². The lowest BCUT2D eigenvalue weighted by Crippen LogP contribution is -2.38. The van der Waals surface area contributed by atoms with Crippen molar-refractivity contribution in [3.8, 4) is 17.0 Å². The van der Waals surface area contributed by atoms with E-state index in [2.05, 4.69) is 40.2 Å². The molecule has 1 aromatic heterocycles. The topological polar surface area (TPSA) is 63.5 Å². The van der Waals surface area contributed by atoms with Crippen LogP contribution < -0.4 is 10.1 Å². The Balaban J connectivity index is 1.44. The Morgan fingerprint density at radius 1 is 0.971 bits per heavy atom. The predicted molar refractivity (Wildman–Crippen MR) is 134 cm³/mol. The van der Waals surface area contributed by atoms with Gasteiger partial charge in [-0.1, -0.05) is 37.5 Å². The second-order valence-electron chi connectivity index (χ2n) is 10.3. The van der Waals surface area contributed by atoms with E-state index in [9.17, 15) is 9.90 Å². The third-order valence-corrected chi connectivity index (χ3v) is 8.13. The number of nitrogens with zero attached hydrogens (tertiary/aromatic N) is 1. The van der Waals surface area contributed by atoms with Gasteiger partial charge in [0.25, 0.3) is 5.91 Å². The summed E-state index contributed by atoms with van der Waals surface area (Å²) in [7, 11) is 0. The molecule has 6 rings (SSSR count). The summed E-state index contributed by atoms with van der Waals surface area (Å²) in [5, 5.41) is 14.3. The molecule has 3 aliphatic rings. The fraction of sp³-hybridized carbons (Fsp3) is 0.483. The molecule has 5 heteroatoms. The monoisotopic (exact) mass is 458 g/mol. The number of fused-ring (bicyclic) bond motifs is 5. The normalized spacial score (nSPS) is 23.0. The SMILES string of the molecule is O=C(N[C@H]1CC[C@H](O)CC1)c1ccc2c(C3CCCCC3)c3n(c2c1)CCOc1ccccc1-3. The molecule has 0 bridgehead atoms. The molecule has 0 atom stereocenters. The third-order valence-electron chi connectivity index (χ3n) is 8.13. The smallest absolute Gasteiger partial charge is 0.251 e. The highest BCUT2D eigenvalue weighted by Gasteiger charge is 2.29. The van der Waals surface area contributed by atoms with E-state index in [4.69, 9.17) is 4.74 Å². The fourth-order valence-corrected chi connectivity index (χ4v) is 6.37. The number of nitrogens with one attached hydrogen (secondary N) is 1. The molecule has 0 spiro atoms. The van der Waals surface area contributed by atoms with Gasteiger partial charge in [-0.3, -0.25) is 4.79 Å². The summed E-state index contributed by atoms with van der Waals surface area (Å²) in [6, 6.07) is 14.8. The van der Waals surface area contributed by atoms with E-state index in [1.165, 1.54) is 54.3 Å². The number of benzene rings is 2. The summed E-state index contributed by atoms with van der Waals surface area (Å²) in [5.41, 5.74) is 5.76. The molecule has 0 radical (unpaired) electrons. The number of carbonyl (C=O) groups excluding carboxylic acids is 1. The largest absolute Gasteiger partial charge is 0.491 e. The van der Waals surface area contributed by atoms with Crippen molar-refractivity contribution >= 4 is 16.8 Å². The first-order valence-corrected chi connectivity index (χ1v) is 13.1. The molecule has 2 aromatic carbocycles. The van der Waals surface area contributed by atoms with Crippen LogP contribution in [0.2, 0.25) is 0 Å². The van der Waals surface area contributed by atoms with E-state index in [1.54, 1.807) is 0 Å². The molecule has 2 aliphatic carbocycles. The molecule has 2 N–H and O–H groups in total. The average Bonchev–Trinajstić information content (AvgIpc) is 3.07. The maximum atomic E-state index is 13.2. The van der Waals surface area contributed by atoms with Crippen molar-refractivity contribution < 1.29 is 14.6 Å². The molecule has 3 aromatic rings. The Bertz CT molecular complexity index is 1200. The van der Waals surface area contributed by atoms with E-state index in [-0.39, 0.29) is 18.1 Å². The molecule has 178 valence electrons. The molecular weight excluding hydrogens is 424 g/mol. The lowest BCUT2D eigenvalue weighted by molar-refractivity contribution is 0.0867. The number of ether oxygens (including phenoxy) is 1. The zero-order valence-corrected chi connectivity index (χ0v) is 19.8. The lowest BCUT2D eigenvalue weighted by Gasteiger charge is -2.26. The van der Waals surface area contributed by atoms with Crippen molar-refractivity contribution in [3.05, 3.63) is 53.6 Å². The number of aliphatic hydroxyl groups is 1. The van der Waals surface area contributed by atoms with Crippen molar-refractivity contribution in [1.29, 1.82) is 0 Å². The Labute approximate surface area is 201 Å². The number of carbonyl (C=O) groups is 1. The summed E-state index contributed by atoms with van der Waals surface area (Å²) >= 11 is 0. The molecule has 34 heavy (non-hydrogen) atoms. The molecule has 2 fully saturated rings. The molecular formula is C29H34N2O3. The van der Waals surface area contributed by atoms with E-state index in [0.29, 0.717) is 18.1 Å². The van der Waals surface area contributed by atoms with Crippen LogP contribution in [0.4, 0.5) is 0 Å². The molecule has 1 aliphatic heterocycles. The zero-order valence-electron chi connectivity index (χ0n) is 19.8. The third kappa shape index (κ3) is 3.90. The van der Waals surface area contributed by atoms with Crippen LogP contribution in [0, 0.1) is 0 Å². The van der Waals surface area contributed by atoms with Crippen LogP contribution in [0.1, 0.15) is 79.6 Å². The van der Waals surface area contributed by atoms with Gasteiger partial charge in [0.05, 0.1) is 18.3 Å². The van der Waals surface area contributed by atoms with Gasteiger partial charge in [-0.25, -0.2) is 0 Å². The highest BCUT2D eigenvalue weighted by molar-refractivity contribution is 6.01. The Kier molecular flexibility index (Phi) is 5.82. The number of amides is 1. The van der Waals surface area contributed by atoms with Crippen molar-refractivity contribution in [2.75, 3.05) is 6.61 Å². The van der Waals surface area contributed by atoms with Crippen LogP contribution in [-0.2, 0) is 6.54 Å². The molecule has 0 unspecified atom stereocenters. The van der Waals surface area contributed by atoms with Gasteiger partial charge in [-0.2, -0.15) is 0 Å². The summed E-state index contributed by atoms with van der Waals surface area (Å²) in [4.78, 5) is 13.2. The highest BCUT2D eigenvalue weighted by Crippen LogP contribution is 2.47. The Morgan fingerprint density at radius 2 is 1.76 bits per heavy atom. The first-order chi connectivity index (χ1) is 16.7. The van der Waals surface area contributed by atoms with Crippen LogP contribution in [0.15, 0.2) is 42.5 Å². The van der Waals surface area contributed by atoms with E-state index < -0.39 is 0 Å². The fourth-order valence-electron chi connectivity index (χ4n) is 6.37. The van der Waals surface area contributed by atoms with Gasteiger partial charge in [-0.15, -0.1) is 0 Å². The summed E-state index contributed by atoms with van der Waals surface area (Å²) < 4.78 is 8.55. The summed E-state index contributed by atoms with van der Waals surface area (Å²) in [5.74, 6) is 1.49. The molecule has 2 saturated carbocycles. The van der Waals surface area contributed by atoms with Gasteiger partial charge >= 0.3 is 0 Å². The van der Waals surface area contributed by atoms with E-state index in [1.807, 2.05) is 12.1 Å². The average molecular weight is 459 g/mol. The Hall–Kier alpha value is -2.79. The molecule has 2 heterocycles. The standard InChI is InChI=1S/C29H34N2O3/c32-22-13-11-21(12-14-22)30-29(33)20-10-15-23-25(18-20)31-16-17-34-26-9-5-4-8-24(26)28(31)27(23)19-6-2-1-3-7-19/h4-5,8-10,15,18-19,21-22,32H,1-3,6-7,11-14,16-17H2,(H,30,33)/t21-,22-. The van der Waals surface area contributed by atoms with Crippen LogP contribution in [-0.4, -0.2) is 34.3 Å². The van der Waals surface area contributed by atoms with E-state index in [0.717, 1.165) is 43.5 Å². The van der Waals surface area contributed by atoms with Crippen LogP contribution in [0.3, 0.4) is 0 Å². The summed E-state index contributed by atoms with van der Waals surface area (Å²) in [6.45, 7) is 1.40. The maximum absolute atomic E-state index is 13.2. The minimum atomic E-state index is -0.219. The number of hydrogen-bond donors (Lipinski definition) is 2. The highest BCUT2D eigenvalue weighted by atomic mass is 16.5. The Morgan fingerprint density at radius 3 is 2.59 bits per heavy atom. The van der Waals surface area contributed by atoms with Gasteiger partial charge in [-0.05, 0) is 74.3 Å². The van der Waals surface area contributed by atoms with Gasteiger partial charge in [0.1, 0.15) is 12.4 Å². The second kappa shape index (κ2) is 9.10. The van der Waals surface area contributed by atoms with Gasteiger partial charge in [0.15, 0.2) is 0 Å². The first-order valence-electron chi connectivity index (χ1n) is 13.1. The second-order valence-corrected chi connectivity index (χ2v) is 10.3. The molecule has 1 amide bonds. The molecule has 0 saturated heterocycles. The predicted octanol–water partition coefficient (Wildman–Crippen LogP) is 5.78. The number of aromatic nitrogens is 1. The number of aliphatic hydroxyl groups excluding tert-OH is 1. The maximum Gasteiger partial charge on any atom is 0.251 e. The number of rotatable bonds is 3. The van der Waals surface area contributed by atoms with Gasteiger partial charge in [0, 0.05) is 28.1 Å². The zero-order chi connectivity index (χ0) is 23.1. The summed E-state index contributed by atoms with van der Waals surface area (Å²) in [6.07, 6.45) is 9.34. The van der Waals surface area contributed by atoms with Crippen molar-refractivity contribution in [1.82, 2.24) is 9.88 Å². The van der Waals surface area contributed by atoms with Crippen LogP contribution in [0.25, 0.3) is 22.2 Å². The van der Waals surface area contributed by atoms with E-state index >= 15 is 0 Å². The lowest BCUT2D eigenvalue weighted by atomic mass is 9.81.